The highest BCUT2D eigenvalue weighted by Gasteiger charge is 2.39. The van der Waals surface area contributed by atoms with Crippen LogP contribution in [0.25, 0.3) is 0 Å². The lowest BCUT2D eigenvalue weighted by Gasteiger charge is -2.32. The fourth-order valence-electron chi connectivity index (χ4n) is 4.86. The highest BCUT2D eigenvalue weighted by molar-refractivity contribution is 5.95. The molecule has 2 fully saturated rings. The van der Waals surface area contributed by atoms with Crippen LogP contribution in [0.15, 0.2) is 48.5 Å². The molecule has 2 heterocycles. The van der Waals surface area contributed by atoms with Gasteiger partial charge in [-0.2, -0.15) is 0 Å². The van der Waals surface area contributed by atoms with E-state index in [1.54, 1.807) is 0 Å². The summed E-state index contributed by atoms with van der Waals surface area (Å²) >= 11 is 0. The zero-order valence-electron chi connectivity index (χ0n) is 17.5. The number of rotatable bonds is 7. The third kappa shape index (κ3) is 4.52. The highest BCUT2D eigenvalue weighted by atomic mass is 16.5. The van der Waals surface area contributed by atoms with Crippen LogP contribution < -0.4 is 15.4 Å². The van der Waals surface area contributed by atoms with E-state index in [9.17, 15) is 4.79 Å². The number of nitrogens with one attached hydrogen (secondary N) is 2. The molecular formula is C25H31N3O2. The van der Waals surface area contributed by atoms with E-state index in [0.29, 0.717) is 31.0 Å². The van der Waals surface area contributed by atoms with Crippen LogP contribution in [0.4, 0.5) is 5.69 Å². The number of hydrogen-bond acceptors (Lipinski definition) is 4. The second-order valence-corrected chi connectivity index (χ2v) is 8.83. The van der Waals surface area contributed by atoms with Gasteiger partial charge in [0.15, 0.2) is 0 Å². The number of likely N-dealkylation sites (tertiary alicyclic amines) is 1. The van der Waals surface area contributed by atoms with E-state index in [-0.39, 0.29) is 5.91 Å². The van der Waals surface area contributed by atoms with Gasteiger partial charge < -0.3 is 15.4 Å². The Labute approximate surface area is 178 Å². The quantitative estimate of drug-likeness (QED) is 0.740. The fourth-order valence-corrected chi connectivity index (χ4v) is 4.86. The zero-order chi connectivity index (χ0) is 20.3. The number of benzene rings is 2. The molecule has 5 nitrogen and oxygen atoms in total. The summed E-state index contributed by atoms with van der Waals surface area (Å²) in [7, 11) is 0. The van der Waals surface area contributed by atoms with Gasteiger partial charge in [-0.3, -0.25) is 9.69 Å². The van der Waals surface area contributed by atoms with Gasteiger partial charge in [-0.1, -0.05) is 42.5 Å². The lowest BCUT2D eigenvalue weighted by molar-refractivity contribution is -0.116. The van der Waals surface area contributed by atoms with Crippen molar-refractivity contribution in [1.82, 2.24) is 10.2 Å². The Morgan fingerprint density at radius 3 is 2.70 bits per heavy atom. The van der Waals surface area contributed by atoms with Crippen molar-refractivity contribution in [3.63, 3.8) is 0 Å². The predicted molar refractivity (Wildman–Crippen MR) is 119 cm³/mol. The van der Waals surface area contributed by atoms with E-state index in [1.807, 2.05) is 12.1 Å². The molecule has 5 rings (SSSR count). The summed E-state index contributed by atoms with van der Waals surface area (Å²) in [5.41, 5.74) is 3.52. The molecular weight excluding hydrogens is 374 g/mol. The second-order valence-electron chi connectivity index (χ2n) is 8.83. The monoisotopic (exact) mass is 405 g/mol. The molecule has 0 spiro atoms. The van der Waals surface area contributed by atoms with Crippen molar-refractivity contribution in [2.75, 3.05) is 31.6 Å². The summed E-state index contributed by atoms with van der Waals surface area (Å²) in [4.78, 5) is 14.2. The molecule has 1 saturated heterocycles. The lowest BCUT2D eigenvalue weighted by atomic mass is 10.0. The highest BCUT2D eigenvalue weighted by Crippen LogP contribution is 2.41. The molecule has 0 aromatic heterocycles. The van der Waals surface area contributed by atoms with Crippen molar-refractivity contribution in [3.05, 3.63) is 59.7 Å². The molecule has 30 heavy (non-hydrogen) atoms. The second kappa shape index (κ2) is 8.78. The number of ether oxygens (including phenoxy) is 1. The number of amides is 1. The van der Waals surface area contributed by atoms with Crippen LogP contribution in [0.3, 0.4) is 0 Å². The molecule has 3 aliphatic rings. The van der Waals surface area contributed by atoms with Gasteiger partial charge in [0.1, 0.15) is 12.4 Å². The molecule has 2 aromatic carbocycles. The molecule has 0 radical (unpaired) electrons. The Morgan fingerprint density at radius 2 is 1.87 bits per heavy atom. The maximum Gasteiger partial charge on any atom is 0.224 e. The molecule has 0 bridgehead atoms. The average molecular weight is 406 g/mol. The summed E-state index contributed by atoms with van der Waals surface area (Å²) < 4.78 is 6.05. The van der Waals surface area contributed by atoms with E-state index in [1.165, 1.54) is 30.4 Å². The van der Waals surface area contributed by atoms with Gasteiger partial charge in [-0.15, -0.1) is 0 Å². The maximum absolute atomic E-state index is 11.7. The molecule has 2 aliphatic heterocycles. The van der Waals surface area contributed by atoms with Crippen molar-refractivity contribution in [2.24, 2.45) is 0 Å². The van der Waals surface area contributed by atoms with Crippen molar-refractivity contribution >= 4 is 11.6 Å². The Hall–Kier alpha value is -2.37. The minimum absolute atomic E-state index is 0.0817. The van der Waals surface area contributed by atoms with Crippen molar-refractivity contribution < 1.29 is 9.53 Å². The standard InChI is InChI=1S/C25H31N3O2/c29-24-10-9-19-7-4-8-23(25(19)27-24)30-16-15-28-13-11-20(12-14-28)26-22-17-21(22)18-5-2-1-3-6-18/h1-8,20-22,26H,9-17H2,(H,27,29)/t21-,22+/m0/s1. The molecule has 1 saturated carbocycles. The normalized spacial score (nSPS) is 24.2. The van der Waals surface area contributed by atoms with E-state index >= 15 is 0 Å². The van der Waals surface area contributed by atoms with Gasteiger partial charge in [-0.25, -0.2) is 0 Å². The number of fused-ring (bicyclic) bond motifs is 1. The van der Waals surface area contributed by atoms with E-state index < -0.39 is 0 Å². The van der Waals surface area contributed by atoms with Crippen LogP contribution in [-0.2, 0) is 11.2 Å². The maximum atomic E-state index is 11.7. The largest absolute Gasteiger partial charge is 0.490 e. The number of para-hydroxylation sites is 1. The number of hydrogen-bond donors (Lipinski definition) is 2. The van der Waals surface area contributed by atoms with Crippen molar-refractivity contribution in [2.45, 2.75) is 50.1 Å². The van der Waals surface area contributed by atoms with Gasteiger partial charge in [0.25, 0.3) is 0 Å². The molecule has 1 aliphatic carbocycles. The first-order valence-electron chi connectivity index (χ1n) is 11.3. The summed E-state index contributed by atoms with van der Waals surface area (Å²) in [6.07, 6.45) is 5.04. The SMILES string of the molecule is O=C1CCc2cccc(OCCN3CCC(N[C@@H]4C[C@H]4c4ccccc4)CC3)c2N1. The Bertz CT molecular complexity index is 877. The van der Waals surface area contributed by atoms with E-state index in [0.717, 1.165) is 37.5 Å². The van der Waals surface area contributed by atoms with Crippen molar-refractivity contribution in [1.29, 1.82) is 0 Å². The Kier molecular flexibility index (Phi) is 5.73. The minimum Gasteiger partial charge on any atom is -0.490 e. The molecule has 2 aromatic rings. The van der Waals surface area contributed by atoms with Gasteiger partial charge >= 0.3 is 0 Å². The van der Waals surface area contributed by atoms with Gasteiger partial charge in [0.05, 0.1) is 5.69 Å². The summed E-state index contributed by atoms with van der Waals surface area (Å²) in [5.74, 6) is 1.59. The van der Waals surface area contributed by atoms with Crippen LogP contribution in [0.5, 0.6) is 5.75 Å². The molecule has 0 unspecified atom stereocenters. The third-order valence-electron chi connectivity index (χ3n) is 6.72. The van der Waals surface area contributed by atoms with Gasteiger partial charge in [0.2, 0.25) is 5.91 Å². The number of nitrogens with zero attached hydrogens (tertiary/aromatic N) is 1. The number of piperidine rings is 1. The van der Waals surface area contributed by atoms with Crippen LogP contribution in [-0.4, -0.2) is 49.1 Å². The van der Waals surface area contributed by atoms with Crippen LogP contribution >= 0.6 is 0 Å². The molecule has 2 N–H and O–H groups in total. The molecule has 1 amide bonds. The first-order valence-corrected chi connectivity index (χ1v) is 11.3. The predicted octanol–water partition coefficient (Wildman–Crippen LogP) is 3.56. The summed E-state index contributed by atoms with van der Waals surface area (Å²) in [6.45, 7) is 3.82. The first kappa shape index (κ1) is 19.6. The van der Waals surface area contributed by atoms with Crippen LogP contribution in [0.1, 0.15) is 42.7 Å². The number of aryl methyl sites for hydroxylation is 1. The average Bonchev–Trinajstić information content (AvgIpc) is 3.55. The lowest BCUT2D eigenvalue weighted by Crippen LogP contribution is -2.44. The zero-order valence-corrected chi connectivity index (χ0v) is 17.5. The number of anilines is 1. The van der Waals surface area contributed by atoms with Gasteiger partial charge in [0, 0.05) is 31.0 Å². The first-order chi connectivity index (χ1) is 14.8. The van der Waals surface area contributed by atoms with E-state index in [2.05, 4.69) is 51.9 Å². The minimum atomic E-state index is 0.0817. The number of carbonyl (C=O) groups excluding carboxylic acids is 1. The molecule has 2 atom stereocenters. The fraction of sp³-hybridized carbons (Fsp3) is 0.480. The Morgan fingerprint density at radius 1 is 1.03 bits per heavy atom. The van der Waals surface area contributed by atoms with Crippen LogP contribution in [0.2, 0.25) is 0 Å². The molecule has 158 valence electrons. The molecule has 5 heteroatoms. The smallest absolute Gasteiger partial charge is 0.224 e. The third-order valence-corrected chi connectivity index (χ3v) is 6.72. The summed E-state index contributed by atoms with van der Waals surface area (Å²) in [5, 5.41) is 6.86. The topological polar surface area (TPSA) is 53.6 Å². The Balaban J connectivity index is 1.04. The van der Waals surface area contributed by atoms with E-state index in [4.69, 9.17) is 4.74 Å². The van der Waals surface area contributed by atoms with Crippen LogP contribution in [0, 0.1) is 0 Å². The van der Waals surface area contributed by atoms with Crippen molar-refractivity contribution in [3.8, 4) is 5.75 Å². The summed E-state index contributed by atoms with van der Waals surface area (Å²) in [6, 6.07) is 18.2. The van der Waals surface area contributed by atoms with Gasteiger partial charge in [-0.05, 0) is 56.0 Å². The number of carbonyl (C=O) groups is 1.